The Balaban J connectivity index is 1.83. The summed E-state index contributed by atoms with van der Waals surface area (Å²) < 4.78 is 0. The SMILES string of the molecule is CN(Cc1cccnc1)C(CN)CC(=O)NC1CC1. The van der Waals surface area contributed by atoms with Crippen LogP contribution in [-0.4, -0.2) is 41.5 Å². The van der Waals surface area contributed by atoms with Gasteiger partial charge in [0.1, 0.15) is 0 Å². The Hall–Kier alpha value is -1.46. The third-order valence-electron chi connectivity index (χ3n) is 3.41. The number of nitrogens with two attached hydrogens (primary N) is 1. The molecule has 1 fully saturated rings. The lowest BCUT2D eigenvalue weighted by molar-refractivity contribution is -0.122. The zero-order valence-electron chi connectivity index (χ0n) is 11.4. The lowest BCUT2D eigenvalue weighted by atomic mass is 10.1. The summed E-state index contributed by atoms with van der Waals surface area (Å²) in [5.41, 5.74) is 6.92. The number of nitrogens with zero attached hydrogens (tertiary/aromatic N) is 2. The molecule has 0 spiro atoms. The molecule has 19 heavy (non-hydrogen) atoms. The minimum absolute atomic E-state index is 0.0685. The summed E-state index contributed by atoms with van der Waals surface area (Å²) >= 11 is 0. The molecular formula is C14H22N4O. The molecule has 0 bridgehead atoms. The highest BCUT2D eigenvalue weighted by atomic mass is 16.1. The molecule has 1 amide bonds. The monoisotopic (exact) mass is 262 g/mol. The number of amides is 1. The highest BCUT2D eigenvalue weighted by Crippen LogP contribution is 2.19. The van der Waals surface area contributed by atoms with Crippen LogP contribution in [0.2, 0.25) is 0 Å². The van der Waals surface area contributed by atoms with Gasteiger partial charge in [-0.15, -0.1) is 0 Å². The first-order valence-electron chi connectivity index (χ1n) is 6.77. The number of hydrogen-bond acceptors (Lipinski definition) is 4. The van der Waals surface area contributed by atoms with Crippen LogP contribution in [-0.2, 0) is 11.3 Å². The van der Waals surface area contributed by atoms with Crippen molar-refractivity contribution >= 4 is 5.91 Å². The number of carbonyl (C=O) groups excluding carboxylic acids is 1. The second-order valence-electron chi connectivity index (χ2n) is 5.21. The number of hydrogen-bond donors (Lipinski definition) is 2. The fraction of sp³-hybridized carbons (Fsp3) is 0.571. The molecule has 5 heteroatoms. The molecule has 1 saturated carbocycles. The molecule has 0 aliphatic heterocycles. The average Bonchev–Trinajstić information content (AvgIpc) is 3.21. The van der Waals surface area contributed by atoms with E-state index in [2.05, 4.69) is 15.2 Å². The van der Waals surface area contributed by atoms with Crippen LogP contribution in [0.3, 0.4) is 0 Å². The summed E-state index contributed by atoms with van der Waals surface area (Å²) in [5.74, 6) is 0.107. The molecule has 1 aromatic heterocycles. The van der Waals surface area contributed by atoms with Gasteiger partial charge in [0.15, 0.2) is 0 Å². The highest BCUT2D eigenvalue weighted by Gasteiger charge is 2.25. The van der Waals surface area contributed by atoms with Crippen LogP contribution in [0.15, 0.2) is 24.5 Å². The Morgan fingerprint density at radius 1 is 1.63 bits per heavy atom. The van der Waals surface area contributed by atoms with Crippen molar-refractivity contribution in [1.29, 1.82) is 0 Å². The zero-order chi connectivity index (χ0) is 13.7. The van der Waals surface area contributed by atoms with E-state index in [0.29, 0.717) is 19.0 Å². The second kappa shape index (κ2) is 6.63. The molecule has 2 rings (SSSR count). The first-order chi connectivity index (χ1) is 9.19. The Morgan fingerprint density at radius 3 is 3.00 bits per heavy atom. The van der Waals surface area contributed by atoms with Crippen LogP contribution in [0.4, 0.5) is 0 Å². The molecule has 1 atom stereocenters. The molecule has 104 valence electrons. The van der Waals surface area contributed by atoms with E-state index >= 15 is 0 Å². The van der Waals surface area contributed by atoms with Gasteiger partial charge in [-0.25, -0.2) is 0 Å². The predicted molar refractivity (Wildman–Crippen MR) is 74.3 cm³/mol. The van der Waals surface area contributed by atoms with Gasteiger partial charge in [0.2, 0.25) is 5.91 Å². The largest absolute Gasteiger partial charge is 0.353 e. The molecular weight excluding hydrogens is 240 g/mol. The molecule has 0 radical (unpaired) electrons. The van der Waals surface area contributed by atoms with E-state index in [-0.39, 0.29) is 11.9 Å². The summed E-state index contributed by atoms with van der Waals surface area (Å²) in [6.45, 7) is 1.24. The first kappa shape index (κ1) is 14.0. The van der Waals surface area contributed by atoms with Crippen molar-refractivity contribution in [1.82, 2.24) is 15.2 Å². The van der Waals surface area contributed by atoms with Crippen molar-refractivity contribution < 1.29 is 4.79 Å². The highest BCUT2D eigenvalue weighted by molar-refractivity contribution is 5.77. The second-order valence-corrected chi connectivity index (χ2v) is 5.21. The Morgan fingerprint density at radius 2 is 2.42 bits per heavy atom. The van der Waals surface area contributed by atoms with E-state index in [1.165, 1.54) is 0 Å². The van der Waals surface area contributed by atoms with Gasteiger partial charge in [0.05, 0.1) is 0 Å². The molecule has 3 N–H and O–H groups in total. The van der Waals surface area contributed by atoms with Gasteiger partial charge in [-0.1, -0.05) is 6.07 Å². The number of likely N-dealkylation sites (N-methyl/N-ethyl adjacent to an activating group) is 1. The van der Waals surface area contributed by atoms with Gasteiger partial charge in [-0.05, 0) is 31.5 Å². The van der Waals surface area contributed by atoms with Crippen molar-refractivity contribution in [3.63, 3.8) is 0 Å². The van der Waals surface area contributed by atoms with Crippen LogP contribution in [0.1, 0.15) is 24.8 Å². The molecule has 0 aromatic carbocycles. The van der Waals surface area contributed by atoms with E-state index in [1.54, 1.807) is 6.20 Å². The van der Waals surface area contributed by atoms with Crippen molar-refractivity contribution in [3.05, 3.63) is 30.1 Å². The number of aromatic nitrogens is 1. The third-order valence-corrected chi connectivity index (χ3v) is 3.41. The van der Waals surface area contributed by atoms with Crippen molar-refractivity contribution in [2.24, 2.45) is 5.73 Å². The number of nitrogens with one attached hydrogen (secondary N) is 1. The van der Waals surface area contributed by atoms with Crippen LogP contribution < -0.4 is 11.1 Å². The Kier molecular flexibility index (Phi) is 4.87. The van der Waals surface area contributed by atoms with E-state index < -0.39 is 0 Å². The normalized spacial score (nSPS) is 16.4. The first-order valence-corrected chi connectivity index (χ1v) is 6.77. The third kappa shape index (κ3) is 4.61. The van der Waals surface area contributed by atoms with Gasteiger partial charge >= 0.3 is 0 Å². The standard InChI is InChI=1S/C14H22N4O/c1-18(10-11-3-2-6-16-9-11)13(8-15)7-14(19)17-12-4-5-12/h2-3,6,9,12-13H,4-5,7-8,10,15H2,1H3,(H,17,19). The van der Waals surface area contributed by atoms with E-state index in [4.69, 9.17) is 5.73 Å². The number of pyridine rings is 1. The Labute approximate surface area is 114 Å². The van der Waals surface area contributed by atoms with Gasteiger partial charge in [-0.2, -0.15) is 0 Å². The number of rotatable bonds is 7. The van der Waals surface area contributed by atoms with Gasteiger partial charge < -0.3 is 11.1 Å². The fourth-order valence-electron chi connectivity index (χ4n) is 2.06. The van der Waals surface area contributed by atoms with E-state index in [9.17, 15) is 4.79 Å². The maximum Gasteiger partial charge on any atom is 0.221 e. The summed E-state index contributed by atoms with van der Waals surface area (Å²) in [4.78, 5) is 18.0. The molecule has 1 unspecified atom stereocenters. The maximum atomic E-state index is 11.8. The smallest absolute Gasteiger partial charge is 0.221 e. The van der Waals surface area contributed by atoms with Crippen molar-refractivity contribution in [2.45, 2.75) is 37.9 Å². The minimum atomic E-state index is 0.0685. The van der Waals surface area contributed by atoms with Crippen LogP contribution in [0.25, 0.3) is 0 Å². The van der Waals surface area contributed by atoms with Gasteiger partial charge in [0.25, 0.3) is 0 Å². The van der Waals surface area contributed by atoms with Crippen LogP contribution in [0, 0.1) is 0 Å². The van der Waals surface area contributed by atoms with E-state index in [1.807, 2.05) is 25.4 Å². The summed E-state index contributed by atoms with van der Waals surface area (Å²) in [6.07, 6.45) is 6.29. The summed E-state index contributed by atoms with van der Waals surface area (Å²) in [7, 11) is 1.99. The molecule has 1 aliphatic carbocycles. The molecule has 1 aliphatic rings. The topological polar surface area (TPSA) is 71.2 Å². The average molecular weight is 262 g/mol. The molecule has 1 heterocycles. The maximum absolute atomic E-state index is 11.8. The zero-order valence-corrected chi connectivity index (χ0v) is 11.4. The van der Waals surface area contributed by atoms with Gasteiger partial charge in [-0.3, -0.25) is 14.7 Å². The molecule has 0 saturated heterocycles. The van der Waals surface area contributed by atoms with Crippen molar-refractivity contribution in [2.75, 3.05) is 13.6 Å². The fourth-order valence-corrected chi connectivity index (χ4v) is 2.06. The van der Waals surface area contributed by atoms with Crippen molar-refractivity contribution in [3.8, 4) is 0 Å². The van der Waals surface area contributed by atoms with Crippen LogP contribution in [0.5, 0.6) is 0 Å². The Bertz CT molecular complexity index is 405. The molecule has 5 nitrogen and oxygen atoms in total. The lowest BCUT2D eigenvalue weighted by Crippen LogP contribution is -2.41. The lowest BCUT2D eigenvalue weighted by Gasteiger charge is -2.26. The predicted octanol–water partition coefficient (Wildman–Crippen LogP) is 0.509. The van der Waals surface area contributed by atoms with Crippen LogP contribution >= 0.6 is 0 Å². The summed E-state index contributed by atoms with van der Waals surface area (Å²) in [6, 6.07) is 4.43. The quantitative estimate of drug-likeness (QED) is 0.751. The summed E-state index contributed by atoms with van der Waals surface area (Å²) in [5, 5.41) is 3.00. The van der Waals surface area contributed by atoms with E-state index in [0.717, 1.165) is 24.9 Å². The molecule has 1 aromatic rings. The minimum Gasteiger partial charge on any atom is -0.353 e. The number of carbonyl (C=O) groups is 1. The van der Waals surface area contributed by atoms with Gasteiger partial charge in [0, 0.05) is 44.0 Å².